The number of carbonyl (C=O) groups is 1. The predicted octanol–water partition coefficient (Wildman–Crippen LogP) is 2.01. The molecule has 0 bridgehead atoms. The third-order valence-corrected chi connectivity index (χ3v) is 3.59. The van der Waals surface area contributed by atoms with Gasteiger partial charge in [0.1, 0.15) is 0 Å². The average Bonchev–Trinajstić information content (AvgIpc) is 2.56. The van der Waals surface area contributed by atoms with Crippen LogP contribution in [0.25, 0.3) is 0 Å². The van der Waals surface area contributed by atoms with Crippen molar-refractivity contribution in [3.8, 4) is 6.07 Å². The van der Waals surface area contributed by atoms with Crippen LogP contribution in [0.3, 0.4) is 0 Å². The number of amides is 1. The number of benzene rings is 2. The average molecular weight is 308 g/mol. The molecule has 2 aromatic rings. The smallest absolute Gasteiger partial charge is 0.224 e. The van der Waals surface area contributed by atoms with Gasteiger partial charge in [-0.05, 0) is 16.7 Å². The molecule has 0 saturated carbocycles. The van der Waals surface area contributed by atoms with Crippen molar-refractivity contribution in [3.05, 3.63) is 71.3 Å². The Morgan fingerprint density at radius 2 is 1.74 bits per heavy atom. The van der Waals surface area contributed by atoms with Crippen molar-refractivity contribution in [2.75, 3.05) is 6.54 Å². The SMILES string of the molecule is N#CCc1ccccc1CC(=O)NCC(O)Cc1ccccc1. The van der Waals surface area contributed by atoms with Crippen LogP contribution in [-0.2, 0) is 24.1 Å². The molecule has 4 heteroatoms. The Kier molecular flexibility index (Phi) is 6.34. The molecule has 1 atom stereocenters. The van der Waals surface area contributed by atoms with Gasteiger partial charge in [-0.2, -0.15) is 5.26 Å². The van der Waals surface area contributed by atoms with Crippen LogP contribution in [0.1, 0.15) is 16.7 Å². The van der Waals surface area contributed by atoms with Gasteiger partial charge < -0.3 is 10.4 Å². The third-order valence-electron chi connectivity index (χ3n) is 3.59. The minimum Gasteiger partial charge on any atom is -0.391 e. The van der Waals surface area contributed by atoms with Crippen molar-refractivity contribution >= 4 is 5.91 Å². The number of hydrogen-bond donors (Lipinski definition) is 2. The molecule has 2 rings (SSSR count). The minimum absolute atomic E-state index is 0.150. The van der Waals surface area contributed by atoms with Crippen LogP contribution in [-0.4, -0.2) is 23.7 Å². The van der Waals surface area contributed by atoms with Crippen molar-refractivity contribution < 1.29 is 9.90 Å². The molecule has 4 nitrogen and oxygen atoms in total. The Morgan fingerprint density at radius 3 is 2.43 bits per heavy atom. The van der Waals surface area contributed by atoms with Crippen LogP contribution >= 0.6 is 0 Å². The lowest BCUT2D eigenvalue weighted by atomic mass is 10.0. The third kappa shape index (κ3) is 5.57. The van der Waals surface area contributed by atoms with Gasteiger partial charge in [0, 0.05) is 13.0 Å². The van der Waals surface area contributed by atoms with Gasteiger partial charge in [0.15, 0.2) is 0 Å². The number of hydrogen-bond acceptors (Lipinski definition) is 3. The molecular formula is C19H20N2O2. The summed E-state index contributed by atoms with van der Waals surface area (Å²) in [4.78, 5) is 12.0. The highest BCUT2D eigenvalue weighted by molar-refractivity contribution is 5.79. The zero-order chi connectivity index (χ0) is 16.5. The van der Waals surface area contributed by atoms with Gasteiger partial charge in [0.2, 0.25) is 5.91 Å². The first-order valence-corrected chi connectivity index (χ1v) is 7.61. The Labute approximate surface area is 136 Å². The van der Waals surface area contributed by atoms with Crippen LogP contribution in [0.5, 0.6) is 0 Å². The highest BCUT2D eigenvalue weighted by Crippen LogP contribution is 2.10. The number of rotatable bonds is 7. The summed E-state index contributed by atoms with van der Waals surface area (Å²) in [7, 11) is 0. The zero-order valence-corrected chi connectivity index (χ0v) is 12.9. The summed E-state index contributed by atoms with van der Waals surface area (Å²) in [5, 5.41) is 21.6. The second kappa shape index (κ2) is 8.72. The molecule has 2 aromatic carbocycles. The van der Waals surface area contributed by atoms with Crippen molar-refractivity contribution in [1.29, 1.82) is 5.26 Å². The molecule has 0 radical (unpaired) electrons. The first-order chi connectivity index (χ1) is 11.2. The van der Waals surface area contributed by atoms with Gasteiger partial charge in [-0.1, -0.05) is 54.6 Å². The zero-order valence-electron chi connectivity index (χ0n) is 12.9. The number of aliphatic hydroxyl groups excluding tert-OH is 1. The highest BCUT2D eigenvalue weighted by atomic mass is 16.3. The van der Waals surface area contributed by atoms with E-state index in [1.165, 1.54) is 0 Å². The number of nitrogens with zero attached hydrogens (tertiary/aromatic N) is 1. The van der Waals surface area contributed by atoms with E-state index < -0.39 is 6.10 Å². The maximum atomic E-state index is 12.0. The van der Waals surface area contributed by atoms with Crippen molar-refractivity contribution in [1.82, 2.24) is 5.32 Å². The van der Waals surface area contributed by atoms with Gasteiger partial charge in [-0.25, -0.2) is 0 Å². The summed E-state index contributed by atoms with van der Waals surface area (Å²) in [6, 6.07) is 19.2. The van der Waals surface area contributed by atoms with Crippen molar-refractivity contribution in [3.63, 3.8) is 0 Å². The topological polar surface area (TPSA) is 73.1 Å². The molecule has 0 aliphatic rings. The van der Waals surface area contributed by atoms with E-state index in [0.29, 0.717) is 12.8 Å². The number of aliphatic hydroxyl groups is 1. The molecule has 0 saturated heterocycles. The van der Waals surface area contributed by atoms with Gasteiger partial charge in [-0.3, -0.25) is 4.79 Å². The summed E-state index contributed by atoms with van der Waals surface area (Å²) in [5.41, 5.74) is 2.76. The molecule has 2 N–H and O–H groups in total. The van der Waals surface area contributed by atoms with Crippen LogP contribution in [0.15, 0.2) is 54.6 Å². The van der Waals surface area contributed by atoms with Crippen LogP contribution in [0, 0.1) is 11.3 Å². The molecule has 0 aliphatic heterocycles. The lowest BCUT2D eigenvalue weighted by Crippen LogP contribution is -2.34. The van der Waals surface area contributed by atoms with E-state index in [2.05, 4.69) is 11.4 Å². The van der Waals surface area contributed by atoms with E-state index in [1.54, 1.807) is 0 Å². The monoisotopic (exact) mass is 308 g/mol. The molecule has 23 heavy (non-hydrogen) atoms. The first-order valence-electron chi connectivity index (χ1n) is 7.61. The Morgan fingerprint density at radius 1 is 1.09 bits per heavy atom. The number of nitrogens with one attached hydrogen (secondary N) is 1. The van der Waals surface area contributed by atoms with E-state index in [9.17, 15) is 9.90 Å². The lowest BCUT2D eigenvalue weighted by molar-refractivity contribution is -0.120. The summed E-state index contributed by atoms with van der Waals surface area (Å²) in [6.45, 7) is 0.216. The molecule has 0 spiro atoms. The number of carbonyl (C=O) groups excluding carboxylic acids is 1. The lowest BCUT2D eigenvalue weighted by Gasteiger charge is -2.13. The largest absolute Gasteiger partial charge is 0.391 e. The molecule has 0 fully saturated rings. The molecule has 0 aliphatic carbocycles. The Hall–Kier alpha value is -2.64. The first kappa shape index (κ1) is 16.7. The molecular weight excluding hydrogens is 288 g/mol. The van der Waals surface area contributed by atoms with Gasteiger partial charge in [0.25, 0.3) is 0 Å². The standard InChI is InChI=1S/C19H20N2O2/c20-11-10-16-8-4-5-9-17(16)13-19(23)21-14-18(22)12-15-6-2-1-3-7-15/h1-9,18,22H,10,12-14H2,(H,21,23). The Bertz CT molecular complexity index is 677. The van der Waals surface area contributed by atoms with Crippen LogP contribution in [0.2, 0.25) is 0 Å². The normalized spacial score (nSPS) is 11.5. The minimum atomic E-state index is -0.615. The van der Waals surface area contributed by atoms with Crippen LogP contribution < -0.4 is 5.32 Å². The predicted molar refractivity (Wildman–Crippen MR) is 88.6 cm³/mol. The molecule has 118 valence electrons. The summed E-state index contributed by atoms with van der Waals surface area (Å²) < 4.78 is 0. The van der Waals surface area contributed by atoms with E-state index in [4.69, 9.17) is 5.26 Å². The number of nitriles is 1. The van der Waals surface area contributed by atoms with E-state index in [-0.39, 0.29) is 18.9 Å². The fraction of sp³-hybridized carbons (Fsp3) is 0.263. The van der Waals surface area contributed by atoms with Crippen LogP contribution in [0.4, 0.5) is 0 Å². The fourth-order valence-electron chi connectivity index (χ4n) is 2.41. The maximum absolute atomic E-state index is 12.0. The van der Waals surface area contributed by atoms with E-state index in [1.807, 2.05) is 54.6 Å². The van der Waals surface area contributed by atoms with E-state index >= 15 is 0 Å². The highest BCUT2D eigenvalue weighted by Gasteiger charge is 2.10. The van der Waals surface area contributed by atoms with Gasteiger partial charge in [0.05, 0.1) is 25.0 Å². The summed E-state index contributed by atoms with van der Waals surface area (Å²) >= 11 is 0. The molecule has 1 amide bonds. The quantitative estimate of drug-likeness (QED) is 0.822. The second-order valence-corrected chi connectivity index (χ2v) is 5.43. The second-order valence-electron chi connectivity index (χ2n) is 5.43. The van der Waals surface area contributed by atoms with Crippen molar-refractivity contribution in [2.24, 2.45) is 0 Å². The van der Waals surface area contributed by atoms with Gasteiger partial charge >= 0.3 is 0 Å². The Balaban J connectivity index is 1.82. The summed E-state index contributed by atoms with van der Waals surface area (Å²) in [6.07, 6.45) is 0.401. The molecule has 0 heterocycles. The molecule has 1 unspecified atom stereocenters. The van der Waals surface area contributed by atoms with E-state index in [0.717, 1.165) is 16.7 Å². The van der Waals surface area contributed by atoms with Gasteiger partial charge in [-0.15, -0.1) is 0 Å². The van der Waals surface area contributed by atoms with Crippen molar-refractivity contribution in [2.45, 2.75) is 25.4 Å². The summed E-state index contributed by atoms with van der Waals surface area (Å²) in [5.74, 6) is -0.150. The maximum Gasteiger partial charge on any atom is 0.224 e. The molecule has 0 aromatic heterocycles. The fourth-order valence-corrected chi connectivity index (χ4v) is 2.41.